The fourth-order valence-corrected chi connectivity index (χ4v) is 5.60. The number of hydrogen-bond donors (Lipinski definition) is 2. The van der Waals surface area contributed by atoms with Crippen LogP contribution in [0.2, 0.25) is 0 Å². The molecule has 1 heterocycles. The van der Waals surface area contributed by atoms with Gasteiger partial charge in [0.2, 0.25) is 5.91 Å². The van der Waals surface area contributed by atoms with E-state index in [-0.39, 0.29) is 29.9 Å². The van der Waals surface area contributed by atoms with Gasteiger partial charge in [0.1, 0.15) is 6.04 Å². The van der Waals surface area contributed by atoms with Crippen molar-refractivity contribution in [2.45, 2.75) is 83.6 Å². The Morgan fingerprint density at radius 3 is 2.33 bits per heavy atom. The number of likely N-dealkylation sites (tertiary alicyclic amines) is 1. The van der Waals surface area contributed by atoms with E-state index < -0.39 is 6.04 Å². The van der Waals surface area contributed by atoms with Gasteiger partial charge >= 0.3 is 0 Å². The van der Waals surface area contributed by atoms with Gasteiger partial charge < -0.3 is 16.0 Å². The summed E-state index contributed by atoms with van der Waals surface area (Å²) in [5, 5.41) is 3.27. The first-order chi connectivity index (χ1) is 17.3. The Kier molecular flexibility index (Phi) is 8.81. The zero-order valence-corrected chi connectivity index (χ0v) is 22.0. The average molecular weight is 491 g/mol. The van der Waals surface area contributed by atoms with Crippen molar-refractivity contribution in [1.29, 1.82) is 0 Å². The molecule has 2 atom stereocenters. The molecule has 6 heteroatoms. The third kappa shape index (κ3) is 6.74. The van der Waals surface area contributed by atoms with Gasteiger partial charge in [-0.25, -0.2) is 0 Å². The molecular formula is C30H42N4O2. The Bertz CT molecular complexity index is 999. The number of carbonyl (C=O) groups is 2. The maximum Gasteiger partial charge on any atom is 0.254 e. The molecular weight excluding hydrogens is 448 g/mol. The minimum Gasteiger partial charge on any atom is -0.352 e. The predicted octanol–water partition coefficient (Wildman–Crippen LogP) is 4.12. The van der Waals surface area contributed by atoms with Crippen LogP contribution in [0.4, 0.5) is 0 Å². The minimum atomic E-state index is -0.468. The van der Waals surface area contributed by atoms with Crippen LogP contribution in [0.3, 0.4) is 0 Å². The van der Waals surface area contributed by atoms with Gasteiger partial charge in [-0.05, 0) is 62.6 Å². The van der Waals surface area contributed by atoms with E-state index in [4.69, 9.17) is 5.73 Å². The molecule has 1 saturated carbocycles. The number of hydrogen-bond acceptors (Lipinski definition) is 4. The number of nitrogens with one attached hydrogen (secondary N) is 1. The van der Waals surface area contributed by atoms with Gasteiger partial charge in [0.15, 0.2) is 0 Å². The lowest BCUT2D eigenvalue weighted by atomic mass is 9.91. The number of benzene rings is 2. The second-order valence-corrected chi connectivity index (χ2v) is 11.2. The van der Waals surface area contributed by atoms with Crippen LogP contribution in [-0.2, 0) is 11.3 Å². The van der Waals surface area contributed by atoms with Crippen molar-refractivity contribution in [3.63, 3.8) is 0 Å². The Morgan fingerprint density at radius 1 is 1.03 bits per heavy atom. The van der Waals surface area contributed by atoms with E-state index in [1.165, 1.54) is 5.56 Å². The van der Waals surface area contributed by atoms with E-state index in [2.05, 4.69) is 48.3 Å². The summed E-state index contributed by atoms with van der Waals surface area (Å²) in [6.45, 7) is 8.74. The number of nitrogens with two attached hydrogens (primary N) is 1. The van der Waals surface area contributed by atoms with E-state index in [1.54, 1.807) is 0 Å². The molecule has 2 aromatic rings. The van der Waals surface area contributed by atoms with Gasteiger partial charge in [0.25, 0.3) is 5.91 Å². The normalized spacial score (nSPS) is 24.3. The fourth-order valence-electron chi connectivity index (χ4n) is 5.60. The average Bonchev–Trinajstić information content (AvgIpc) is 3.31. The number of carbonyl (C=O) groups excluding carboxylic acids is 2. The lowest BCUT2D eigenvalue weighted by Gasteiger charge is -2.30. The molecule has 194 valence electrons. The zero-order valence-electron chi connectivity index (χ0n) is 22.0. The zero-order chi connectivity index (χ0) is 25.7. The van der Waals surface area contributed by atoms with Gasteiger partial charge in [-0.2, -0.15) is 0 Å². The molecule has 1 aliphatic carbocycles. The fraction of sp³-hybridized carbons (Fsp3) is 0.533. The summed E-state index contributed by atoms with van der Waals surface area (Å²) in [6, 6.07) is 18.2. The molecule has 2 unspecified atom stereocenters. The van der Waals surface area contributed by atoms with Crippen LogP contribution in [0.15, 0.2) is 54.6 Å². The van der Waals surface area contributed by atoms with Crippen LogP contribution < -0.4 is 11.1 Å². The molecule has 0 bridgehead atoms. The third-order valence-electron chi connectivity index (χ3n) is 7.60. The SMILES string of the molecule is Cc1ccc(C(=O)N2CC(N(Cc3ccccc3)CC(C)C)CC2C(=O)NC2CCC(N)CC2)cc1. The van der Waals surface area contributed by atoms with Gasteiger partial charge in [-0.3, -0.25) is 14.5 Å². The summed E-state index contributed by atoms with van der Waals surface area (Å²) in [6.07, 6.45) is 4.33. The van der Waals surface area contributed by atoms with E-state index in [1.807, 2.05) is 42.2 Å². The molecule has 2 fully saturated rings. The number of amides is 2. The van der Waals surface area contributed by atoms with Crippen LogP contribution in [-0.4, -0.2) is 58.9 Å². The first-order valence-electron chi connectivity index (χ1n) is 13.5. The molecule has 2 aromatic carbocycles. The van der Waals surface area contributed by atoms with E-state index in [9.17, 15) is 9.59 Å². The van der Waals surface area contributed by atoms with Crippen molar-refractivity contribution in [2.75, 3.05) is 13.1 Å². The third-order valence-corrected chi connectivity index (χ3v) is 7.60. The molecule has 4 rings (SSSR count). The summed E-state index contributed by atoms with van der Waals surface area (Å²) in [4.78, 5) is 31.5. The highest BCUT2D eigenvalue weighted by atomic mass is 16.2. The van der Waals surface area contributed by atoms with Crippen molar-refractivity contribution in [3.05, 3.63) is 71.3 Å². The lowest BCUT2D eigenvalue weighted by Crippen LogP contribution is -2.50. The molecule has 6 nitrogen and oxygen atoms in total. The van der Waals surface area contributed by atoms with E-state index in [0.717, 1.165) is 44.3 Å². The van der Waals surface area contributed by atoms with Crippen LogP contribution in [0.1, 0.15) is 67.4 Å². The molecule has 1 saturated heterocycles. The van der Waals surface area contributed by atoms with Crippen molar-refractivity contribution in [3.8, 4) is 0 Å². The highest BCUT2D eigenvalue weighted by molar-refractivity contribution is 5.98. The first-order valence-corrected chi connectivity index (χ1v) is 13.5. The first kappa shape index (κ1) is 26.4. The number of aryl methyl sites for hydroxylation is 1. The lowest BCUT2D eigenvalue weighted by molar-refractivity contribution is -0.125. The maximum absolute atomic E-state index is 13.7. The second kappa shape index (κ2) is 12.0. The molecule has 36 heavy (non-hydrogen) atoms. The van der Waals surface area contributed by atoms with Gasteiger partial charge in [0, 0.05) is 43.3 Å². The number of nitrogens with zero attached hydrogens (tertiary/aromatic N) is 2. The van der Waals surface area contributed by atoms with Gasteiger partial charge in [0.05, 0.1) is 0 Å². The van der Waals surface area contributed by atoms with Crippen LogP contribution in [0.5, 0.6) is 0 Å². The monoisotopic (exact) mass is 490 g/mol. The van der Waals surface area contributed by atoms with E-state index in [0.29, 0.717) is 24.4 Å². The minimum absolute atomic E-state index is 0.0253. The molecule has 3 N–H and O–H groups in total. The molecule has 2 aliphatic rings. The highest BCUT2D eigenvalue weighted by Crippen LogP contribution is 2.28. The Labute approximate surface area is 216 Å². The summed E-state index contributed by atoms with van der Waals surface area (Å²) < 4.78 is 0. The largest absolute Gasteiger partial charge is 0.352 e. The summed E-state index contributed by atoms with van der Waals surface area (Å²) in [5.41, 5.74) is 9.07. The summed E-state index contributed by atoms with van der Waals surface area (Å²) in [5.74, 6) is 0.393. The van der Waals surface area contributed by atoms with E-state index >= 15 is 0 Å². The molecule has 0 spiro atoms. The Hall–Kier alpha value is -2.70. The van der Waals surface area contributed by atoms with Crippen molar-refractivity contribution in [1.82, 2.24) is 15.1 Å². The van der Waals surface area contributed by atoms with Crippen molar-refractivity contribution < 1.29 is 9.59 Å². The Morgan fingerprint density at radius 2 is 1.69 bits per heavy atom. The smallest absolute Gasteiger partial charge is 0.254 e. The van der Waals surface area contributed by atoms with Crippen LogP contribution in [0.25, 0.3) is 0 Å². The van der Waals surface area contributed by atoms with Crippen molar-refractivity contribution >= 4 is 11.8 Å². The molecule has 0 aromatic heterocycles. The second-order valence-electron chi connectivity index (χ2n) is 11.2. The molecule has 2 amide bonds. The summed E-state index contributed by atoms with van der Waals surface area (Å²) >= 11 is 0. The molecule has 0 radical (unpaired) electrons. The van der Waals surface area contributed by atoms with Gasteiger partial charge in [-0.1, -0.05) is 61.9 Å². The summed E-state index contributed by atoms with van der Waals surface area (Å²) in [7, 11) is 0. The van der Waals surface area contributed by atoms with Crippen molar-refractivity contribution in [2.24, 2.45) is 11.7 Å². The van der Waals surface area contributed by atoms with Crippen LogP contribution in [0, 0.1) is 12.8 Å². The predicted molar refractivity (Wildman–Crippen MR) is 144 cm³/mol. The maximum atomic E-state index is 13.7. The standard InChI is InChI=1S/C30H42N4O2/c1-21(2)18-33(19-23-7-5-4-6-8-23)27-17-28(29(35)32-26-15-13-25(31)14-16-26)34(20-27)30(36)24-11-9-22(3)10-12-24/h4-12,21,25-28H,13-20,31H2,1-3H3,(H,32,35). The highest BCUT2D eigenvalue weighted by Gasteiger charge is 2.42. The van der Waals surface area contributed by atoms with Gasteiger partial charge in [-0.15, -0.1) is 0 Å². The topological polar surface area (TPSA) is 78.7 Å². The quantitative estimate of drug-likeness (QED) is 0.583. The Balaban J connectivity index is 1.55. The number of rotatable bonds is 8. The molecule has 1 aliphatic heterocycles. The van der Waals surface area contributed by atoms with Crippen LogP contribution >= 0.6 is 0 Å².